The van der Waals surface area contributed by atoms with Crippen molar-refractivity contribution < 1.29 is 0 Å². The van der Waals surface area contributed by atoms with E-state index in [1.807, 2.05) is 23.9 Å². The molecular weight excluding hydrogens is 254 g/mol. The smallest absolute Gasteiger partial charge is 0.0954 e. The first-order valence-electron chi connectivity index (χ1n) is 7.16. The Kier molecular flexibility index (Phi) is 3.99. The maximum atomic E-state index is 4.36. The number of thiophene rings is 1. The van der Waals surface area contributed by atoms with E-state index in [9.17, 15) is 0 Å². The van der Waals surface area contributed by atoms with E-state index in [0.29, 0.717) is 6.04 Å². The molecule has 19 heavy (non-hydrogen) atoms. The lowest BCUT2D eigenvalue weighted by atomic mass is 10.1. The Balaban J connectivity index is 1.79. The van der Waals surface area contributed by atoms with Crippen LogP contribution in [0.4, 0.5) is 0 Å². The van der Waals surface area contributed by atoms with Crippen molar-refractivity contribution in [3.63, 3.8) is 0 Å². The predicted molar refractivity (Wildman–Crippen MR) is 79.5 cm³/mol. The Bertz CT molecular complexity index is 499. The zero-order valence-electron chi connectivity index (χ0n) is 11.4. The Morgan fingerprint density at radius 2 is 2.42 bits per heavy atom. The fraction of sp³-hybridized carbons (Fsp3) is 0.533. The van der Waals surface area contributed by atoms with Crippen LogP contribution in [0.5, 0.6) is 0 Å². The molecule has 0 radical (unpaired) electrons. The maximum absolute atomic E-state index is 4.36. The quantitative estimate of drug-likeness (QED) is 0.837. The summed E-state index contributed by atoms with van der Waals surface area (Å²) in [6.45, 7) is 3.19. The van der Waals surface area contributed by atoms with Crippen molar-refractivity contribution in [1.29, 1.82) is 0 Å². The summed E-state index contributed by atoms with van der Waals surface area (Å²) in [7, 11) is 0. The fourth-order valence-corrected chi connectivity index (χ4v) is 3.32. The molecule has 2 heterocycles. The van der Waals surface area contributed by atoms with Gasteiger partial charge in [0.05, 0.1) is 18.1 Å². The second-order valence-corrected chi connectivity index (χ2v) is 6.25. The van der Waals surface area contributed by atoms with Crippen LogP contribution in [0, 0.1) is 0 Å². The van der Waals surface area contributed by atoms with Crippen molar-refractivity contribution in [2.75, 3.05) is 0 Å². The average Bonchev–Trinajstić information content (AvgIpc) is 2.93. The predicted octanol–water partition coefficient (Wildman–Crippen LogP) is 3.59. The van der Waals surface area contributed by atoms with Gasteiger partial charge < -0.3 is 9.88 Å². The number of nitrogens with one attached hydrogen (secondary N) is 1. The van der Waals surface area contributed by atoms with Crippen LogP contribution in [0.1, 0.15) is 49.2 Å². The third-order valence-corrected chi connectivity index (χ3v) is 4.64. The molecule has 3 rings (SSSR count). The highest BCUT2D eigenvalue weighted by molar-refractivity contribution is 7.10. The lowest BCUT2D eigenvalue weighted by Gasteiger charge is -2.19. The first kappa shape index (κ1) is 12.9. The molecule has 0 aromatic carbocycles. The topological polar surface area (TPSA) is 29.9 Å². The summed E-state index contributed by atoms with van der Waals surface area (Å²) in [6, 6.07) is 5.57. The van der Waals surface area contributed by atoms with Crippen molar-refractivity contribution in [2.45, 2.75) is 51.2 Å². The normalized spacial score (nSPS) is 16.7. The van der Waals surface area contributed by atoms with Gasteiger partial charge in [0.15, 0.2) is 0 Å². The van der Waals surface area contributed by atoms with Gasteiger partial charge in [0.2, 0.25) is 0 Å². The number of hydrogen-bond acceptors (Lipinski definition) is 3. The number of imidazole rings is 1. The van der Waals surface area contributed by atoms with E-state index in [2.05, 4.69) is 39.3 Å². The minimum Gasteiger partial charge on any atom is -0.325 e. The number of nitrogens with zero attached hydrogens (tertiary/aromatic N) is 2. The van der Waals surface area contributed by atoms with Crippen LogP contribution in [-0.4, -0.2) is 15.6 Å². The molecule has 2 aromatic rings. The van der Waals surface area contributed by atoms with Crippen LogP contribution < -0.4 is 5.32 Å². The van der Waals surface area contributed by atoms with Gasteiger partial charge in [-0.3, -0.25) is 0 Å². The highest BCUT2D eigenvalue weighted by atomic mass is 32.1. The van der Waals surface area contributed by atoms with Gasteiger partial charge in [0.25, 0.3) is 0 Å². The molecule has 0 aliphatic heterocycles. The van der Waals surface area contributed by atoms with Gasteiger partial charge in [-0.05, 0) is 30.7 Å². The Morgan fingerprint density at radius 3 is 3.11 bits per heavy atom. The van der Waals surface area contributed by atoms with E-state index >= 15 is 0 Å². The zero-order valence-corrected chi connectivity index (χ0v) is 12.2. The number of aromatic nitrogens is 2. The van der Waals surface area contributed by atoms with Gasteiger partial charge in [0, 0.05) is 23.7 Å². The molecule has 1 aliphatic carbocycles. The van der Waals surface area contributed by atoms with Crippen molar-refractivity contribution in [3.05, 3.63) is 40.6 Å². The number of rotatable bonds is 7. The van der Waals surface area contributed by atoms with Crippen LogP contribution in [0.25, 0.3) is 0 Å². The van der Waals surface area contributed by atoms with Gasteiger partial charge >= 0.3 is 0 Å². The average molecular weight is 275 g/mol. The second kappa shape index (κ2) is 5.88. The molecule has 0 saturated heterocycles. The Hall–Kier alpha value is -1.13. The molecule has 1 atom stereocenters. The van der Waals surface area contributed by atoms with Gasteiger partial charge in [0.1, 0.15) is 0 Å². The largest absolute Gasteiger partial charge is 0.325 e. The van der Waals surface area contributed by atoms with Crippen molar-refractivity contribution in [3.8, 4) is 0 Å². The summed E-state index contributed by atoms with van der Waals surface area (Å²) in [5.41, 5.74) is 1.30. The lowest BCUT2D eigenvalue weighted by Crippen LogP contribution is -2.20. The van der Waals surface area contributed by atoms with Gasteiger partial charge in [-0.25, -0.2) is 4.98 Å². The van der Waals surface area contributed by atoms with Crippen LogP contribution in [0.15, 0.2) is 30.0 Å². The van der Waals surface area contributed by atoms with Crippen molar-refractivity contribution >= 4 is 11.3 Å². The molecule has 2 aromatic heterocycles. The van der Waals surface area contributed by atoms with Gasteiger partial charge in [-0.1, -0.05) is 19.4 Å². The molecule has 1 N–H and O–H groups in total. The van der Waals surface area contributed by atoms with Crippen molar-refractivity contribution in [1.82, 2.24) is 14.9 Å². The van der Waals surface area contributed by atoms with E-state index < -0.39 is 0 Å². The molecule has 3 nitrogen and oxygen atoms in total. The molecule has 0 bridgehead atoms. The summed E-state index contributed by atoms with van der Waals surface area (Å²) in [5.74, 6) is 0. The standard InChI is InChI=1S/C15H21N3S/c1-2-4-14(15-5-3-8-19-15)18-11-16-9-13(18)10-17-12-6-7-12/h3,5,8-9,11-12,14,17H,2,4,6-7,10H2,1H3. The zero-order chi connectivity index (χ0) is 13.1. The van der Waals surface area contributed by atoms with Gasteiger partial charge in [-0.15, -0.1) is 11.3 Å². The highest BCUT2D eigenvalue weighted by Gasteiger charge is 2.22. The SMILES string of the molecule is CCCC(c1cccs1)n1cncc1CNC1CC1. The minimum absolute atomic E-state index is 0.448. The Morgan fingerprint density at radius 1 is 1.53 bits per heavy atom. The van der Waals surface area contributed by atoms with E-state index in [1.54, 1.807) is 0 Å². The van der Waals surface area contributed by atoms with E-state index in [1.165, 1.54) is 36.3 Å². The molecule has 1 aliphatic rings. The van der Waals surface area contributed by atoms with Gasteiger partial charge in [-0.2, -0.15) is 0 Å². The molecular formula is C15H21N3S. The summed E-state index contributed by atoms with van der Waals surface area (Å²) in [5, 5.41) is 5.75. The minimum atomic E-state index is 0.448. The molecule has 0 amide bonds. The first-order chi connectivity index (χ1) is 9.38. The summed E-state index contributed by atoms with van der Waals surface area (Å²) in [6.07, 6.45) is 9.02. The monoisotopic (exact) mass is 275 g/mol. The summed E-state index contributed by atoms with van der Waals surface area (Å²) < 4.78 is 2.35. The highest BCUT2D eigenvalue weighted by Crippen LogP contribution is 2.29. The van der Waals surface area contributed by atoms with E-state index in [4.69, 9.17) is 0 Å². The third-order valence-electron chi connectivity index (χ3n) is 3.66. The molecule has 0 spiro atoms. The first-order valence-corrected chi connectivity index (χ1v) is 8.04. The third kappa shape index (κ3) is 3.07. The maximum Gasteiger partial charge on any atom is 0.0954 e. The molecule has 4 heteroatoms. The molecule has 1 saturated carbocycles. The molecule has 102 valence electrons. The second-order valence-electron chi connectivity index (χ2n) is 5.27. The van der Waals surface area contributed by atoms with Crippen molar-refractivity contribution in [2.24, 2.45) is 0 Å². The molecule has 1 unspecified atom stereocenters. The molecule has 1 fully saturated rings. The number of hydrogen-bond donors (Lipinski definition) is 1. The van der Waals surface area contributed by atoms with Crippen LogP contribution >= 0.6 is 11.3 Å². The summed E-state index contributed by atoms with van der Waals surface area (Å²) in [4.78, 5) is 5.80. The fourth-order valence-electron chi connectivity index (χ4n) is 2.46. The van der Waals surface area contributed by atoms with Crippen LogP contribution in [0.3, 0.4) is 0 Å². The van der Waals surface area contributed by atoms with Crippen LogP contribution in [0.2, 0.25) is 0 Å². The Labute approximate surface area is 118 Å². The lowest BCUT2D eigenvalue weighted by molar-refractivity contribution is 0.510. The van der Waals surface area contributed by atoms with Crippen LogP contribution in [-0.2, 0) is 6.54 Å². The van der Waals surface area contributed by atoms with E-state index in [-0.39, 0.29) is 0 Å². The summed E-state index contributed by atoms with van der Waals surface area (Å²) >= 11 is 1.85. The van der Waals surface area contributed by atoms with E-state index in [0.717, 1.165) is 12.6 Å².